The summed E-state index contributed by atoms with van der Waals surface area (Å²) in [6.45, 7) is 8.33. The summed E-state index contributed by atoms with van der Waals surface area (Å²) in [7, 11) is 0. The maximum absolute atomic E-state index is 5.88. The molecule has 0 amide bonds. The van der Waals surface area contributed by atoms with Crippen molar-refractivity contribution in [2.45, 2.75) is 26.5 Å². The molecule has 1 N–H and O–H groups in total. The second-order valence-electron chi connectivity index (χ2n) is 4.24. The van der Waals surface area contributed by atoms with Crippen molar-refractivity contribution in [2.75, 3.05) is 13.2 Å². The molecule has 2 rings (SSSR count). The van der Waals surface area contributed by atoms with E-state index in [1.807, 2.05) is 0 Å². The van der Waals surface area contributed by atoms with E-state index in [1.54, 1.807) is 11.3 Å². The lowest BCUT2D eigenvalue weighted by molar-refractivity contribution is -0.104. The Morgan fingerprint density at radius 3 is 2.73 bits per heavy atom. The van der Waals surface area contributed by atoms with Crippen LogP contribution in [0.2, 0.25) is 0 Å². The molecule has 15 heavy (non-hydrogen) atoms. The van der Waals surface area contributed by atoms with Crippen LogP contribution in [0.5, 0.6) is 0 Å². The van der Waals surface area contributed by atoms with E-state index in [-0.39, 0.29) is 18.1 Å². The fourth-order valence-corrected chi connectivity index (χ4v) is 2.58. The van der Waals surface area contributed by atoms with E-state index in [0.717, 1.165) is 13.2 Å². The number of hydrogen-bond donors (Lipinski definition) is 1. The first-order chi connectivity index (χ1) is 6.60. The minimum absolute atomic E-state index is 0. The summed E-state index contributed by atoms with van der Waals surface area (Å²) in [5, 5.41) is 3.46. The normalized spacial score (nSPS) is 31.0. The van der Waals surface area contributed by atoms with Gasteiger partial charge in [0.15, 0.2) is 5.72 Å². The zero-order chi connectivity index (χ0) is 10.2. The Balaban J connectivity index is 0.00000112. The first-order valence-electron chi connectivity index (χ1n) is 5.06. The molecule has 0 aromatic carbocycles. The number of hydrogen-bond acceptors (Lipinski definition) is 3. The van der Waals surface area contributed by atoms with Crippen molar-refractivity contribution in [3.05, 3.63) is 21.9 Å². The summed E-state index contributed by atoms with van der Waals surface area (Å²) in [6, 6.07) is 4.30. The van der Waals surface area contributed by atoms with Gasteiger partial charge in [-0.15, -0.1) is 23.7 Å². The maximum Gasteiger partial charge on any atom is 0.151 e. The summed E-state index contributed by atoms with van der Waals surface area (Å²) in [5.41, 5.74) is -0.258. The first kappa shape index (κ1) is 13.0. The molecule has 2 atom stereocenters. The molecule has 2 unspecified atom stereocenters. The van der Waals surface area contributed by atoms with Gasteiger partial charge in [0, 0.05) is 11.4 Å². The van der Waals surface area contributed by atoms with E-state index >= 15 is 0 Å². The van der Waals surface area contributed by atoms with Crippen LogP contribution in [0, 0.1) is 12.8 Å². The quantitative estimate of drug-likeness (QED) is 0.824. The van der Waals surface area contributed by atoms with E-state index < -0.39 is 0 Å². The van der Waals surface area contributed by atoms with Crippen LogP contribution in [0.15, 0.2) is 12.1 Å². The molecule has 4 heteroatoms. The maximum atomic E-state index is 5.88. The fraction of sp³-hybridized carbons (Fsp3) is 0.636. The topological polar surface area (TPSA) is 21.3 Å². The first-order valence-corrected chi connectivity index (χ1v) is 5.88. The Labute approximate surface area is 101 Å². The van der Waals surface area contributed by atoms with Gasteiger partial charge in [-0.3, -0.25) is 5.32 Å². The summed E-state index contributed by atoms with van der Waals surface area (Å²) in [6.07, 6.45) is 0. The monoisotopic (exact) mass is 247 g/mol. The third kappa shape index (κ3) is 2.72. The SMILES string of the molecule is Cc1ccc(C2(C)NCC(C)CO2)s1.Cl. The zero-order valence-electron chi connectivity index (χ0n) is 9.37. The molecule has 0 aliphatic carbocycles. The summed E-state index contributed by atoms with van der Waals surface area (Å²) >= 11 is 1.81. The van der Waals surface area contributed by atoms with Crippen LogP contribution < -0.4 is 5.32 Å². The van der Waals surface area contributed by atoms with E-state index in [0.29, 0.717) is 5.92 Å². The standard InChI is InChI=1S/C11H17NOS.ClH/c1-8-6-12-11(3,13-7-8)10-5-4-9(2)14-10;/h4-5,8,12H,6-7H2,1-3H3;1H. The van der Waals surface area contributed by atoms with Crippen molar-refractivity contribution in [3.63, 3.8) is 0 Å². The van der Waals surface area contributed by atoms with Gasteiger partial charge >= 0.3 is 0 Å². The van der Waals surface area contributed by atoms with Crippen molar-refractivity contribution >= 4 is 23.7 Å². The van der Waals surface area contributed by atoms with E-state index in [9.17, 15) is 0 Å². The summed E-state index contributed by atoms with van der Waals surface area (Å²) in [5.74, 6) is 0.615. The molecule has 2 heterocycles. The van der Waals surface area contributed by atoms with Gasteiger partial charge in [0.25, 0.3) is 0 Å². The van der Waals surface area contributed by atoms with Gasteiger partial charge in [-0.2, -0.15) is 0 Å². The van der Waals surface area contributed by atoms with Crippen LogP contribution in [0.25, 0.3) is 0 Å². The van der Waals surface area contributed by atoms with E-state index in [2.05, 4.69) is 38.2 Å². The number of aryl methyl sites for hydroxylation is 1. The third-order valence-electron chi connectivity index (χ3n) is 2.65. The average Bonchev–Trinajstić information content (AvgIpc) is 2.58. The largest absolute Gasteiger partial charge is 0.355 e. The minimum atomic E-state index is -0.258. The zero-order valence-corrected chi connectivity index (χ0v) is 11.0. The van der Waals surface area contributed by atoms with Crippen molar-refractivity contribution in [3.8, 4) is 0 Å². The molecule has 1 saturated heterocycles. The van der Waals surface area contributed by atoms with Gasteiger partial charge in [0.2, 0.25) is 0 Å². The number of halogens is 1. The minimum Gasteiger partial charge on any atom is -0.355 e. The van der Waals surface area contributed by atoms with Crippen LogP contribution >= 0.6 is 23.7 Å². The molecule has 1 aromatic heterocycles. The van der Waals surface area contributed by atoms with Crippen LogP contribution in [0.3, 0.4) is 0 Å². The summed E-state index contributed by atoms with van der Waals surface area (Å²) in [4.78, 5) is 2.62. The fourth-order valence-electron chi connectivity index (χ4n) is 1.64. The molecule has 0 spiro atoms. The van der Waals surface area contributed by atoms with Crippen LogP contribution in [0.4, 0.5) is 0 Å². The van der Waals surface area contributed by atoms with Gasteiger partial charge in [-0.1, -0.05) is 6.92 Å². The highest BCUT2D eigenvalue weighted by Gasteiger charge is 2.32. The molecule has 2 nitrogen and oxygen atoms in total. The van der Waals surface area contributed by atoms with Crippen LogP contribution in [0.1, 0.15) is 23.6 Å². The van der Waals surface area contributed by atoms with E-state index in [1.165, 1.54) is 9.75 Å². The van der Waals surface area contributed by atoms with Crippen molar-refractivity contribution in [1.82, 2.24) is 5.32 Å². The molecule has 1 aliphatic rings. The van der Waals surface area contributed by atoms with Gasteiger partial charge in [-0.25, -0.2) is 0 Å². The lowest BCUT2D eigenvalue weighted by Gasteiger charge is -2.37. The molecule has 0 radical (unpaired) electrons. The number of thiophene rings is 1. The highest BCUT2D eigenvalue weighted by molar-refractivity contribution is 7.12. The number of nitrogens with one attached hydrogen (secondary N) is 1. The van der Waals surface area contributed by atoms with Crippen molar-refractivity contribution in [2.24, 2.45) is 5.92 Å². The van der Waals surface area contributed by atoms with Gasteiger partial charge in [0.1, 0.15) is 0 Å². The Bertz CT molecular complexity index is 318. The second-order valence-corrected chi connectivity index (χ2v) is 5.53. The molecule has 1 aromatic rings. The second kappa shape index (κ2) is 4.83. The van der Waals surface area contributed by atoms with E-state index in [4.69, 9.17) is 4.74 Å². The highest BCUT2D eigenvalue weighted by Crippen LogP contribution is 2.31. The molecule has 0 saturated carbocycles. The smallest absolute Gasteiger partial charge is 0.151 e. The molecule has 86 valence electrons. The lowest BCUT2D eigenvalue weighted by atomic mass is 10.1. The molecule has 1 aliphatic heterocycles. The average molecular weight is 248 g/mol. The Morgan fingerprint density at radius 2 is 2.27 bits per heavy atom. The lowest BCUT2D eigenvalue weighted by Crippen LogP contribution is -2.49. The Morgan fingerprint density at radius 1 is 1.53 bits per heavy atom. The molecule has 0 bridgehead atoms. The van der Waals surface area contributed by atoms with Crippen LogP contribution in [-0.2, 0) is 10.5 Å². The van der Waals surface area contributed by atoms with Crippen molar-refractivity contribution < 1.29 is 4.74 Å². The van der Waals surface area contributed by atoms with Gasteiger partial charge in [-0.05, 0) is 31.9 Å². The Hall–Kier alpha value is -0.0900. The summed E-state index contributed by atoms with van der Waals surface area (Å²) < 4.78 is 5.88. The van der Waals surface area contributed by atoms with Gasteiger partial charge in [0.05, 0.1) is 11.5 Å². The molecular weight excluding hydrogens is 230 g/mol. The highest BCUT2D eigenvalue weighted by atomic mass is 35.5. The predicted octanol–water partition coefficient (Wildman–Crippen LogP) is 2.91. The third-order valence-corrected chi connectivity index (χ3v) is 3.86. The molecular formula is C11H18ClNOS. The van der Waals surface area contributed by atoms with Crippen LogP contribution in [-0.4, -0.2) is 13.2 Å². The number of rotatable bonds is 1. The number of ether oxygens (including phenoxy) is 1. The van der Waals surface area contributed by atoms with Crippen molar-refractivity contribution in [1.29, 1.82) is 0 Å². The Kier molecular flexibility index (Phi) is 4.18. The molecule has 1 fully saturated rings. The van der Waals surface area contributed by atoms with Gasteiger partial charge < -0.3 is 4.74 Å². The predicted molar refractivity (Wildman–Crippen MR) is 66.8 cm³/mol.